The first kappa shape index (κ1) is 12.7. The Morgan fingerprint density at radius 3 is 2.89 bits per heavy atom. The lowest BCUT2D eigenvalue weighted by Gasteiger charge is -2.10. The Labute approximate surface area is 114 Å². The van der Waals surface area contributed by atoms with Crippen LogP contribution in [0.4, 0.5) is 0 Å². The fourth-order valence-corrected chi connectivity index (χ4v) is 2.67. The van der Waals surface area contributed by atoms with Crippen LogP contribution >= 0.6 is 0 Å². The molecule has 1 saturated carbocycles. The second kappa shape index (κ2) is 4.97. The zero-order chi connectivity index (χ0) is 13.4. The largest absolute Gasteiger partial charge is 0.330 e. The predicted octanol–water partition coefficient (Wildman–Crippen LogP) is 3.21. The highest BCUT2D eigenvalue weighted by molar-refractivity contribution is 5.77. The smallest absolute Gasteiger partial charge is 0.110 e. The Bertz CT molecular complexity index is 581. The molecular formula is C16H23N3. The first-order chi connectivity index (χ1) is 9.19. The highest BCUT2D eigenvalue weighted by Gasteiger charge is 2.28. The normalized spacial score (nSPS) is 17.0. The highest BCUT2D eigenvalue weighted by atomic mass is 15.1. The molecule has 0 spiro atoms. The van der Waals surface area contributed by atoms with Gasteiger partial charge >= 0.3 is 0 Å². The standard InChI is InChI=1S/C16H23N3/c1-11-3-7-15-14(9-11)18-16(8-4-12(2)10-17)19(15)13-5-6-13/h3,7,9,12-13H,4-6,8,10,17H2,1-2H3. The lowest BCUT2D eigenvalue weighted by atomic mass is 10.1. The van der Waals surface area contributed by atoms with Crippen molar-refractivity contribution in [2.45, 2.75) is 45.6 Å². The van der Waals surface area contributed by atoms with Crippen LogP contribution in [0.5, 0.6) is 0 Å². The van der Waals surface area contributed by atoms with Gasteiger partial charge in [-0.2, -0.15) is 0 Å². The highest BCUT2D eigenvalue weighted by Crippen LogP contribution is 2.39. The molecule has 0 aliphatic heterocycles. The summed E-state index contributed by atoms with van der Waals surface area (Å²) in [6, 6.07) is 7.31. The van der Waals surface area contributed by atoms with Gasteiger partial charge in [0.1, 0.15) is 5.82 Å². The third kappa shape index (κ3) is 2.52. The quantitative estimate of drug-likeness (QED) is 0.894. The molecule has 0 bridgehead atoms. The van der Waals surface area contributed by atoms with E-state index in [1.807, 2.05) is 0 Å². The summed E-state index contributed by atoms with van der Waals surface area (Å²) in [6.07, 6.45) is 4.78. The van der Waals surface area contributed by atoms with Gasteiger partial charge in [-0.1, -0.05) is 13.0 Å². The van der Waals surface area contributed by atoms with Crippen molar-refractivity contribution < 1.29 is 0 Å². The third-order valence-electron chi connectivity index (χ3n) is 4.09. The minimum atomic E-state index is 0.578. The first-order valence-corrected chi connectivity index (χ1v) is 7.36. The summed E-state index contributed by atoms with van der Waals surface area (Å²) < 4.78 is 2.47. The zero-order valence-corrected chi connectivity index (χ0v) is 11.9. The fraction of sp³-hybridized carbons (Fsp3) is 0.562. The number of hydrogen-bond acceptors (Lipinski definition) is 2. The van der Waals surface area contributed by atoms with E-state index in [0.29, 0.717) is 12.0 Å². The number of fused-ring (bicyclic) bond motifs is 1. The van der Waals surface area contributed by atoms with Crippen LogP contribution in [0.25, 0.3) is 11.0 Å². The van der Waals surface area contributed by atoms with E-state index in [-0.39, 0.29) is 0 Å². The number of hydrogen-bond donors (Lipinski definition) is 1. The van der Waals surface area contributed by atoms with E-state index < -0.39 is 0 Å². The number of aryl methyl sites for hydroxylation is 2. The molecule has 0 radical (unpaired) electrons. The van der Waals surface area contributed by atoms with Crippen LogP contribution in [-0.4, -0.2) is 16.1 Å². The molecule has 1 heterocycles. The summed E-state index contributed by atoms with van der Waals surface area (Å²) in [5.74, 6) is 1.83. The Kier molecular flexibility index (Phi) is 3.31. The fourth-order valence-electron chi connectivity index (χ4n) is 2.67. The van der Waals surface area contributed by atoms with Crippen LogP contribution in [0, 0.1) is 12.8 Å². The minimum absolute atomic E-state index is 0.578. The van der Waals surface area contributed by atoms with Gasteiger partial charge in [0, 0.05) is 12.5 Å². The molecule has 1 aromatic heterocycles. The molecule has 102 valence electrons. The average Bonchev–Trinajstić information content (AvgIpc) is 3.17. The number of aromatic nitrogens is 2. The SMILES string of the molecule is Cc1ccc2c(c1)nc(CCC(C)CN)n2C1CC1. The molecule has 1 aliphatic rings. The van der Waals surface area contributed by atoms with Crippen molar-refractivity contribution in [3.63, 3.8) is 0 Å². The van der Waals surface area contributed by atoms with Gasteiger partial charge in [0.15, 0.2) is 0 Å². The first-order valence-electron chi connectivity index (χ1n) is 7.36. The van der Waals surface area contributed by atoms with E-state index in [1.54, 1.807) is 0 Å². The number of nitrogens with two attached hydrogens (primary N) is 1. The van der Waals surface area contributed by atoms with E-state index in [0.717, 1.165) is 24.9 Å². The number of rotatable bonds is 5. The maximum absolute atomic E-state index is 5.71. The van der Waals surface area contributed by atoms with Gasteiger partial charge < -0.3 is 10.3 Å². The topological polar surface area (TPSA) is 43.8 Å². The number of benzene rings is 1. The summed E-state index contributed by atoms with van der Waals surface area (Å²) in [6.45, 7) is 5.11. The van der Waals surface area contributed by atoms with E-state index in [1.165, 1.54) is 29.7 Å². The van der Waals surface area contributed by atoms with Gasteiger partial charge in [-0.15, -0.1) is 0 Å². The monoisotopic (exact) mass is 257 g/mol. The Balaban J connectivity index is 1.95. The van der Waals surface area contributed by atoms with Crippen molar-refractivity contribution in [3.8, 4) is 0 Å². The van der Waals surface area contributed by atoms with Crippen molar-refractivity contribution in [1.82, 2.24) is 9.55 Å². The molecule has 3 heteroatoms. The zero-order valence-electron chi connectivity index (χ0n) is 11.9. The van der Waals surface area contributed by atoms with Gasteiger partial charge in [0.05, 0.1) is 11.0 Å². The van der Waals surface area contributed by atoms with E-state index in [2.05, 4.69) is 36.6 Å². The van der Waals surface area contributed by atoms with Crippen molar-refractivity contribution in [3.05, 3.63) is 29.6 Å². The molecule has 2 aromatic rings. The molecule has 0 amide bonds. The lowest BCUT2D eigenvalue weighted by Crippen LogP contribution is -2.12. The van der Waals surface area contributed by atoms with Crippen molar-refractivity contribution >= 4 is 11.0 Å². The molecule has 1 fully saturated rings. The molecule has 1 aromatic carbocycles. The molecule has 2 N–H and O–H groups in total. The van der Waals surface area contributed by atoms with E-state index in [9.17, 15) is 0 Å². The minimum Gasteiger partial charge on any atom is -0.330 e. The van der Waals surface area contributed by atoms with E-state index >= 15 is 0 Å². The van der Waals surface area contributed by atoms with Crippen LogP contribution in [-0.2, 0) is 6.42 Å². The Morgan fingerprint density at radius 1 is 1.42 bits per heavy atom. The molecule has 3 rings (SSSR count). The van der Waals surface area contributed by atoms with Gasteiger partial charge in [0.2, 0.25) is 0 Å². The maximum atomic E-state index is 5.71. The number of imidazole rings is 1. The van der Waals surface area contributed by atoms with Gasteiger partial charge in [-0.3, -0.25) is 0 Å². The van der Waals surface area contributed by atoms with Crippen LogP contribution < -0.4 is 5.73 Å². The second-order valence-electron chi connectivity index (χ2n) is 6.00. The second-order valence-corrected chi connectivity index (χ2v) is 6.00. The summed E-state index contributed by atoms with van der Waals surface area (Å²) in [5.41, 5.74) is 9.46. The molecular weight excluding hydrogens is 234 g/mol. The summed E-state index contributed by atoms with van der Waals surface area (Å²) in [4.78, 5) is 4.86. The lowest BCUT2D eigenvalue weighted by molar-refractivity contribution is 0.525. The van der Waals surface area contributed by atoms with Crippen molar-refractivity contribution in [2.24, 2.45) is 11.7 Å². The molecule has 0 saturated heterocycles. The molecule has 3 nitrogen and oxygen atoms in total. The predicted molar refractivity (Wildman–Crippen MR) is 79.3 cm³/mol. The van der Waals surface area contributed by atoms with Crippen molar-refractivity contribution in [2.75, 3.05) is 6.54 Å². The third-order valence-corrected chi connectivity index (χ3v) is 4.09. The van der Waals surface area contributed by atoms with Crippen molar-refractivity contribution in [1.29, 1.82) is 0 Å². The molecule has 19 heavy (non-hydrogen) atoms. The van der Waals surface area contributed by atoms with Gasteiger partial charge in [-0.05, 0) is 56.3 Å². The Morgan fingerprint density at radius 2 is 2.21 bits per heavy atom. The molecule has 1 unspecified atom stereocenters. The van der Waals surface area contributed by atoms with Crippen LogP contribution in [0.15, 0.2) is 18.2 Å². The van der Waals surface area contributed by atoms with Crippen LogP contribution in [0.1, 0.15) is 43.6 Å². The maximum Gasteiger partial charge on any atom is 0.110 e. The van der Waals surface area contributed by atoms with Crippen LogP contribution in [0.2, 0.25) is 0 Å². The summed E-state index contributed by atoms with van der Waals surface area (Å²) >= 11 is 0. The van der Waals surface area contributed by atoms with E-state index in [4.69, 9.17) is 10.7 Å². The van der Waals surface area contributed by atoms with Gasteiger partial charge in [-0.25, -0.2) is 4.98 Å². The summed E-state index contributed by atoms with van der Waals surface area (Å²) in [7, 11) is 0. The average molecular weight is 257 g/mol. The van der Waals surface area contributed by atoms with Crippen LogP contribution in [0.3, 0.4) is 0 Å². The van der Waals surface area contributed by atoms with Gasteiger partial charge in [0.25, 0.3) is 0 Å². The Hall–Kier alpha value is -1.35. The molecule has 1 aliphatic carbocycles. The molecule has 1 atom stereocenters. The summed E-state index contributed by atoms with van der Waals surface area (Å²) in [5, 5.41) is 0. The number of nitrogens with zero attached hydrogens (tertiary/aromatic N) is 2.